The molecule has 2 aliphatic heterocycles. The average molecular weight is 451 g/mol. The monoisotopic (exact) mass is 450 g/mol. The molecular formula is C27H40F2O3. The summed E-state index contributed by atoms with van der Waals surface area (Å²) in [6, 6.07) is 3.49. The molecule has 2 saturated heterocycles. The van der Waals surface area contributed by atoms with Crippen LogP contribution in [0.3, 0.4) is 0 Å². The summed E-state index contributed by atoms with van der Waals surface area (Å²) in [5.74, 6) is -0.526. The SMILES string of the molecule is CCCC1CCC(C2OCC(c3ccc(C4CCC(CCC)OC4)c(F)c3F)CO2)CC1. The second kappa shape index (κ2) is 11.4. The van der Waals surface area contributed by atoms with Crippen molar-refractivity contribution >= 4 is 0 Å². The van der Waals surface area contributed by atoms with E-state index in [1.807, 2.05) is 0 Å². The van der Waals surface area contributed by atoms with Gasteiger partial charge in [-0.3, -0.25) is 0 Å². The number of benzene rings is 1. The summed E-state index contributed by atoms with van der Waals surface area (Å²) in [4.78, 5) is 0. The van der Waals surface area contributed by atoms with Gasteiger partial charge in [0.15, 0.2) is 17.9 Å². The highest BCUT2D eigenvalue weighted by Crippen LogP contribution is 2.38. The van der Waals surface area contributed by atoms with E-state index in [-0.39, 0.29) is 24.2 Å². The maximum Gasteiger partial charge on any atom is 0.162 e. The lowest BCUT2D eigenvalue weighted by molar-refractivity contribution is -0.218. The van der Waals surface area contributed by atoms with Crippen molar-refractivity contribution in [2.45, 2.75) is 102 Å². The van der Waals surface area contributed by atoms with Crippen LogP contribution in [0.25, 0.3) is 0 Å². The first kappa shape index (κ1) is 24.1. The number of halogens is 2. The highest BCUT2D eigenvalue weighted by atomic mass is 19.2. The van der Waals surface area contributed by atoms with Crippen molar-refractivity contribution in [3.8, 4) is 0 Å². The Labute approximate surface area is 192 Å². The highest BCUT2D eigenvalue weighted by Gasteiger charge is 2.34. The molecule has 1 aromatic rings. The van der Waals surface area contributed by atoms with E-state index in [0.717, 1.165) is 44.4 Å². The van der Waals surface area contributed by atoms with Crippen molar-refractivity contribution in [1.82, 2.24) is 0 Å². The molecule has 3 aliphatic rings. The van der Waals surface area contributed by atoms with Crippen LogP contribution in [0, 0.1) is 23.5 Å². The summed E-state index contributed by atoms with van der Waals surface area (Å²) in [7, 11) is 0. The van der Waals surface area contributed by atoms with Crippen molar-refractivity contribution in [2.24, 2.45) is 11.8 Å². The third-order valence-corrected chi connectivity index (χ3v) is 7.90. The molecule has 0 radical (unpaired) electrons. The Kier molecular flexibility index (Phi) is 8.58. The summed E-state index contributed by atoms with van der Waals surface area (Å²) in [5.41, 5.74) is 0.817. The Morgan fingerprint density at radius 2 is 1.31 bits per heavy atom. The third-order valence-electron chi connectivity index (χ3n) is 7.90. The molecule has 3 nitrogen and oxygen atoms in total. The second-order valence-electron chi connectivity index (χ2n) is 10.2. The Balaban J connectivity index is 1.32. The third kappa shape index (κ3) is 5.53. The largest absolute Gasteiger partial charge is 0.378 e. The highest BCUT2D eigenvalue weighted by molar-refractivity contribution is 5.32. The lowest BCUT2D eigenvalue weighted by atomic mass is 9.79. The Hall–Kier alpha value is -1.04. The van der Waals surface area contributed by atoms with E-state index in [0.29, 0.717) is 36.9 Å². The van der Waals surface area contributed by atoms with E-state index in [4.69, 9.17) is 14.2 Å². The molecular weight excluding hydrogens is 410 g/mol. The average Bonchev–Trinajstić information content (AvgIpc) is 2.83. The molecule has 0 bridgehead atoms. The Morgan fingerprint density at radius 1 is 0.719 bits per heavy atom. The summed E-state index contributed by atoms with van der Waals surface area (Å²) < 4.78 is 48.0. The zero-order chi connectivity index (χ0) is 22.5. The van der Waals surface area contributed by atoms with E-state index in [2.05, 4.69) is 13.8 Å². The van der Waals surface area contributed by atoms with Gasteiger partial charge in [-0.1, -0.05) is 45.2 Å². The van der Waals surface area contributed by atoms with Crippen molar-refractivity contribution in [3.05, 3.63) is 34.9 Å². The van der Waals surface area contributed by atoms with E-state index in [9.17, 15) is 0 Å². The molecule has 2 unspecified atom stereocenters. The van der Waals surface area contributed by atoms with Gasteiger partial charge in [0.2, 0.25) is 0 Å². The van der Waals surface area contributed by atoms with Crippen LogP contribution in [0.2, 0.25) is 0 Å². The van der Waals surface area contributed by atoms with Gasteiger partial charge in [0.25, 0.3) is 0 Å². The van der Waals surface area contributed by atoms with Crippen LogP contribution in [-0.2, 0) is 14.2 Å². The van der Waals surface area contributed by atoms with Gasteiger partial charge in [-0.05, 0) is 62.0 Å². The van der Waals surface area contributed by atoms with Gasteiger partial charge >= 0.3 is 0 Å². The maximum absolute atomic E-state index is 15.0. The summed E-state index contributed by atoms with van der Waals surface area (Å²) >= 11 is 0. The van der Waals surface area contributed by atoms with Gasteiger partial charge < -0.3 is 14.2 Å². The van der Waals surface area contributed by atoms with E-state index < -0.39 is 11.6 Å². The van der Waals surface area contributed by atoms with Crippen molar-refractivity contribution in [3.63, 3.8) is 0 Å². The number of hydrogen-bond donors (Lipinski definition) is 0. The lowest BCUT2D eigenvalue weighted by Gasteiger charge is -2.38. The molecule has 4 rings (SSSR count). The lowest BCUT2D eigenvalue weighted by Crippen LogP contribution is -2.38. The molecule has 0 spiro atoms. The summed E-state index contributed by atoms with van der Waals surface area (Å²) in [5, 5.41) is 0. The minimum Gasteiger partial charge on any atom is -0.378 e. The second-order valence-corrected chi connectivity index (χ2v) is 10.2. The van der Waals surface area contributed by atoms with E-state index in [1.165, 1.54) is 25.7 Å². The van der Waals surface area contributed by atoms with E-state index >= 15 is 8.78 Å². The standard InChI is InChI=1S/C27H40F2O3/c1-3-5-18-7-9-19(10-8-18)27-31-16-21(17-32-27)24-14-13-23(25(28)26(24)29)20-11-12-22(6-4-2)30-15-20/h13-14,18-22,27H,3-12,15-17H2,1-2H3. The molecule has 2 heterocycles. The topological polar surface area (TPSA) is 27.7 Å². The predicted molar refractivity (Wildman–Crippen MR) is 122 cm³/mol. The normalized spacial score (nSPS) is 33.9. The molecule has 1 aliphatic carbocycles. The Bertz CT molecular complexity index is 716. The summed E-state index contributed by atoms with van der Waals surface area (Å²) in [6.45, 7) is 5.64. The number of rotatable bonds is 7. The van der Waals surface area contributed by atoms with Crippen molar-refractivity contribution in [2.75, 3.05) is 19.8 Å². The van der Waals surface area contributed by atoms with Crippen LogP contribution in [0.1, 0.15) is 101 Å². The zero-order valence-electron chi connectivity index (χ0n) is 19.8. The van der Waals surface area contributed by atoms with Gasteiger partial charge in [-0.25, -0.2) is 8.78 Å². The first-order valence-electron chi connectivity index (χ1n) is 12.9. The van der Waals surface area contributed by atoms with Crippen molar-refractivity contribution in [1.29, 1.82) is 0 Å². The van der Waals surface area contributed by atoms with Crippen LogP contribution >= 0.6 is 0 Å². The fourth-order valence-corrected chi connectivity index (χ4v) is 5.94. The van der Waals surface area contributed by atoms with Crippen LogP contribution in [-0.4, -0.2) is 32.2 Å². The van der Waals surface area contributed by atoms with Gasteiger partial charge in [-0.2, -0.15) is 0 Å². The van der Waals surface area contributed by atoms with Crippen LogP contribution < -0.4 is 0 Å². The fourth-order valence-electron chi connectivity index (χ4n) is 5.94. The van der Waals surface area contributed by atoms with Crippen LogP contribution in [0.4, 0.5) is 8.78 Å². The molecule has 0 N–H and O–H groups in total. The summed E-state index contributed by atoms with van der Waals surface area (Å²) in [6.07, 6.45) is 11.3. The number of ether oxygens (including phenoxy) is 3. The molecule has 2 atom stereocenters. The molecule has 1 saturated carbocycles. The van der Waals surface area contributed by atoms with Gasteiger partial charge in [0, 0.05) is 17.8 Å². The quantitative estimate of drug-likeness (QED) is 0.444. The van der Waals surface area contributed by atoms with Gasteiger partial charge in [0.05, 0.1) is 25.9 Å². The van der Waals surface area contributed by atoms with Gasteiger partial charge in [-0.15, -0.1) is 0 Å². The van der Waals surface area contributed by atoms with Crippen LogP contribution in [0.5, 0.6) is 0 Å². The smallest absolute Gasteiger partial charge is 0.162 e. The zero-order valence-corrected chi connectivity index (χ0v) is 19.8. The minimum absolute atomic E-state index is 0.0715. The fraction of sp³-hybridized carbons (Fsp3) is 0.778. The number of hydrogen-bond acceptors (Lipinski definition) is 3. The molecule has 0 amide bonds. The van der Waals surface area contributed by atoms with Gasteiger partial charge in [0.1, 0.15) is 0 Å². The van der Waals surface area contributed by atoms with Crippen molar-refractivity contribution < 1.29 is 23.0 Å². The first-order valence-corrected chi connectivity index (χ1v) is 12.9. The molecule has 180 valence electrons. The van der Waals surface area contributed by atoms with E-state index in [1.54, 1.807) is 12.1 Å². The van der Waals surface area contributed by atoms with Crippen LogP contribution in [0.15, 0.2) is 12.1 Å². The first-order chi connectivity index (χ1) is 15.6. The minimum atomic E-state index is -0.742. The Morgan fingerprint density at radius 3 is 1.88 bits per heavy atom. The molecule has 0 aromatic heterocycles. The predicted octanol–water partition coefficient (Wildman–Crippen LogP) is 7.09. The molecule has 3 fully saturated rings. The molecule has 5 heteroatoms. The molecule has 1 aromatic carbocycles. The molecule has 32 heavy (non-hydrogen) atoms. The maximum atomic E-state index is 15.0.